The van der Waals surface area contributed by atoms with Crippen molar-refractivity contribution in [2.45, 2.75) is 0 Å². The molecule has 0 aliphatic rings. The van der Waals surface area contributed by atoms with Crippen LogP contribution < -0.4 is 0 Å². The lowest BCUT2D eigenvalue weighted by Gasteiger charge is -2.10. The molecule has 0 unspecified atom stereocenters. The number of para-hydroxylation sites is 4. The Morgan fingerprint density at radius 1 is 0.424 bits per heavy atom. The molecule has 0 atom stereocenters. The van der Waals surface area contributed by atoms with Crippen molar-refractivity contribution >= 4 is 55.2 Å². The Labute approximate surface area is 195 Å². The van der Waals surface area contributed by atoms with Gasteiger partial charge in [0.25, 0.3) is 0 Å². The molecular formula is C30H19ClN2. The van der Waals surface area contributed by atoms with Crippen LogP contribution in [-0.2, 0) is 0 Å². The standard InChI is InChI=1S/C30H19ClN2/c31-30-28-22-15-7-9-17-24(22)32(20-11-3-1-4-12-20)26(28)19-27-29(30)23-16-8-10-18-25(23)33(27)21-13-5-2-6-14-21/h1-19H. The second-order valence-corrected chi connectivity index (χ2v) is 8.73. The largest absolute Gasteiger partial charge is 0.309 e. The van der Waals surface area contributed by atoms with Crippen molar-refractivity contribution in [1.29, 1.82) is 0 Å². The van der Waals surface area contributed by atoms with E-state index >= 15 is 0 Å². The molecule has 0 radical (unpaired) electrons. The van der Waals surface area contributed by atoms with Crippen molar-refractivity contribution in [2.75, 3.05) is 0 Å². The van der Waals surface area contributed by atoms with Gasteiger partial charge in [0.2, 0.25) is 0 Å². The summed E-state index contributed by atoms with van der Waals surface area (Å²) in [6, 6.07) is 40.4. The third-order valence-corrected chi connectivity index (χ3v) is 6.94. The number of halogens is 1. The van der Waals surface area contributed by atoms with Crippen LogP contribution in [0, 0.1) is 0 Å². The van der Waals surface area contributed by atoms with Gasteiger partial charge in [0.1, 0.15) is 0 Å². The highest BCUT2D eigenvalue weighted by molar-refractivity contribution is 6.45. The monoisotopic (exact) mass is 442 g/mol. The molecule has 0 N–H and O–H groups in total. The first-order valence-electron chi connectivity index (χ1n) is 11.1. The van der Waals surface area contributed by atoms with Crippen molar-refractivity contribution in [3.63, 3.8) is 0 Å². The molecule has 0 spiro atoms. The SMILES string of the molecule is Clc1c2c3ccccc3n(-c3ccccc3)c2cc2c1c1ccccc1n2-c1ccccc1. The molecule has 7 rings (SSSR count). The van der Waals surface area contributed by atoms with Gasteiger partial charge in [-0.25, -0.2) is 0 Å². The molecule has 0 bridgehead atoms. The predicted molar refractivity (Wildman–Crippen MR) is 140 cm³/mol. The van der Waals surface area contributed by atoms with E-state index in [0.717, 1.165) is 49.2 Å². The Hall–Kier alpha value is -4.01. The zero-order valence-electron chi connectivity index (χ0n) is 17.7. The maximum Gasteiger partial charge on any atom is 0.0606 e. The third kappa shape index (κ3) is 2.56. The van der Waals surface area contributed by atoms with Crippen LogP contribution in [-0.4, -0.2) is 9.13 Å². The van der Waals surface area contributed by atoms with E-state index < -0.39 is 0 Å². The van der Waals surface area contributed by atoms with Crippen LogP contribution in [0.1, 0.15) is 0 Å². The van der Waals surface area contributed by atoms with Crippen molar-refractivity contribution in [2.24, 2.45) is 0 Å². The number of benzene rings is 5. The average molecular weight is 443 g/mol. The minimum absolute atomic E-state index is 0.805. The molecule has 2 heterocycles. The van der Waals surface area contributed by atoms with Gasteiger partial charge in [0, 0.05) is 32.9 Å². The first-order valence-corrected chi connectivity index (χ1v) is 11.5. The normalized spacial score (nSPS) is 11.8. The molecule has 0 amide bonds. The summed E-state index contributed by atoms with van der Waals surface area (Å²) < 4.78 is 4.64. The summed E-state index contributed by atoms with van der Waals surface area (Å²) in [7, 11) is 0. The average Bonchev–Trinajstić information content (AvgIpc) is 3.38. The fourth-order valence-electron chi connectivity index (χ4n) is 5.22. The topological polar surface area (TPSA) is 9.86 Å². The molecule has 2 nitrogen and oxygen atoms in total. The molecule has 5 aromatic carbocycles. The van der Waals surface area contributed by atoms with E-state index in [9.17, 15) is 0 Å². The molecule has 0 aliphatic carbocycles. The third-order valence-electron chi connectivity index (χ3n) is 6.56. The highest BCUT2D eigenvalue weighted by Gasteiger charge is 2.21. The minimum atomic E-state index is 0.805. The zero-order valence-corrected chi connectivity index (χ0v) is 18.5. The van der Waals surface area contributed by atoms with Gasteiger partial charge in [-0.3, -0.25) is 0 Å². The second-order valence-electron chi connectivity index (χ2n) is 8.36. The Morgan fingerprint density at radius 2 is 0.818 bits per heavy atom. The number of aromatic nitrogens is 2. The maximum absolute atomic E-state index is 7.31. The highest BCUT2D eigenvalue weighted by Crippen LogP contribution is 2.44. The van der Waals surface area contributed by atoms with E-state index in [2.05, 4.69) is 124 Å². The van der Waals surface area contributed by atoms with Gasteiger partial charge in [-0.05, 0) is 42.5 Å². The number of fused-ring (bicyclic) bond motifs is 6. The highest BCUT2D eigenvalue weighted by atomic mass is 35.5. The lowest BCUT2D eigenvalue weighted by Crippen LogP contribution is -1.95. The Kier molecular flexibility index (Phi) is 3.93. The number of hydrogen-bond donors (Lipinski definition) is 0. The fraction of sp³-hybridized carbons (Fsp3) is 0. The van der Waals surface area contributed by atoms with Crippen LogP contribution in [0.3, 0.4) is 0 Å². The molecule has 3 heteroatoms. The molecule has 156 valence electrons. The summed E-state index contributed by atoms with van der Waals surface area (Å²) in [6.07, 6.45) is 0. The summed E-state index contributed by atoms with van der Waals surface area (Å²) in [6.45, 7) is 0. The van der Waals surface area contributed by atoms with E-state index in [0.29, 0.717) is 0 Å². The minimum Gasteiger partial charge on any atom is -0.309 e. The van der Waals surface area contributed by atoms with Crippen molar-refractivity contribution in [3.05, 3.63) is 120 Å². The van der Waals surface area contributed by atoms with E-state index in [1.54, 1.807) is 0 Å². The Bertz CT molecular complexity index is 1680. The van der Waals surface area contributed by atoms with Crippen molar-refractivity contribution < 1.29 is 0 Å². The van der Waals surface area contributed by atoms with E-state index in [1.807, 2.05) is 0 Å². The second kappa shape index (κ2) is 6.99. The first kappa shape index (κ1) is 18.6. The van der Waals surface area contributed by atoms with Crippen LogP contribution in [0.2, 0.25) is 5.02 Å². The van der Waals surface area contributed by atoms with Gasteiger partial charge in [-0.2, -0.15) is 0 Å². The van der Waals surface area contributed by atoms with Crippen LogP contribution in [0.5, 0.6) is 0 Å². The van der Waals surface area contributed by atoms with Gasteiger partial charge >= 0.3 is 0 Å². The van der Waals surface area contributed by atoms with E-state index in [-0.39, 0.29) is 0 Å². The smallest absolute Gasteiger partial charge is 0.0606 e. The lowest BCUT2D eigenvalue weighted by molar-refractivity contribution is 1.16. The first-order chi connectivity index (χ1) is 16.3. The summed E-state index contributed by atoms with van der Waals surface area (Å²) >= 11 is 7.31. The molecule has 0 saturated heterocycles. The van der Waals surface area contributed by atoms with Crippen LogP contribution in [0.25, 0.3) is 55.0 Å². The van der Waals surface area contributed by atoms with Gasteiger partial charge < -0.3 is 9.13 Å². The fourth-order valence-corrected chi connectivity index (χ4v) is 5.62. The van der Waals surface area contributed by atoms with Crippen LogP contribution >= 0.6 is 11.6 Å². The maximum atomic E-state index is 7.31. The number of rotatable bonds is 2. The quantitative estimate of drug-likeness (QED) is 0.254. The van der Waals surface area contributed by atoms with Gasteiger partial charge in [0.05, 0.1) is 27.1 Å². The summed E-state index contributed by atoms with van der Waals surface area (Å²) in [5.74, 6) is 0. The summed E-state index contributed by atoms with van der Waals surface area (Å²) in [5.41, 5.74) is 6.79. The van der Waals surface area contributed by atoms with E-state index in [4.69, 9.17) is 11.6 Å². The van der Waals surface area contributed by atoms with Crippen LogP contribution in [0.15, 0.2) is 115 Å². The Morgan fingerprint density at radius 3 is 1.27 bits per heavy atom. The number of nitrogens with zero attached hydrogens (tertiary/aromatic N) is 2. The summed E-state index contributed by atoms with van der Waals surface area (Å²) in [4.78, 5) is 0. The molecule has 33 heavy (non-hydrogen) atoms. The molecule has 7 aromatic rings. The number of hydrogen-bond acceptors (Lipinski definition) is 0. The zero-order chi connectivity index (χ0) is 21.9. The van der Waals surface area contributed by atoms with E-state index in [1.165, 1.54) is 10.8 Å². The summed E-state index contributed by atoms with van der Waals surface area (Å²) in [5, 5.41) is 5.33. The van der Waals surface area contributed by atoms with Gasteiger partial charge in [-0.1, -0.05) is 84.4 Å². The lowest BCUT2D eigenvalue weighted by atomic mass is 10.1. The molecule has 0 aliphatic heterocycles. The van der Waals surface area contributed by atoms with Crippen LogP contribution in [0.4, 0.5) is 0 Å². The molecule has 2 aromatic heterocycles. The van der Waals surface area contributed by atoms with Gasteiger partial charge in [-0.15, -0.1) is 0 Å². The Balaban J connectivity index is 1.75. The predicted octanol–water partition coefficient (Wildman–Crippen LogP) is 8.53. The van der Waals surface area contributed by atoms with Gasteiger partial charge in [0.15, 0.2) is 0 Å². The molecule has 0 saturated carbocycles. The van der Waals surface area contributed by atoms with Crippen molar-refractivity contribution in [1.82, 2.24) is 9.13 Å². The molecule has 0 fully saturated rings. The molecular weight excluding hydrogens is 424 g/mol. The van der Waals surface area contributed by atoms with Crippen molar-refractivity contribution in [3.8, 4) is 11.4 Å².